The summed E-state index contributed by atoms with van der Waals surface area (Å²) in [6.45, 7) is 6.40. The highest BCUT2D eigenvalue weighted by molar-refractivity contribution is 7.09. The van der Waals surface area contributed by atoms with Crippen LogP contribution in [0, 0.1) is 6.92 Å². The number of benzene rings is 1. The molecule has 0 aliphatic rings. The van der Waals surface area contributed by atoms with Crippen molar-refractivity contribution in [2.45, 2.75) is 45.7 Å². The van der Waals surface area contributed by atoms with Crippen molar-refractivity contribution in [2.24, 2.45) is 0 Å². The average molecular weight is 290 g/mol. The van der Waals surface area contributed by atoms with Crippen LogP contribution in [-0.4, -0.2) is 16.1 Å². The molecule has 0 saturated carbocycles. The van der Waals surface area contributed by atoms with Gasteiger partial charge >= 0.3 is 0 Å². The van der Waals surface area contributed by atoms with E-state index in [0.29, 0.717) is 11.8 Å². The van der Waals surface area contributed by atoms with Crippen LogP contribution in [0.25, 0.3) is 0 Å². The normalized spacial score (nSPS) is 14.2. The van der Waals surface area contributed by atoms with Gasteiger partial charge in [0.15, 0.2) is 0 Å². The molecule has 0 bridgehead atoms. The molecule has 0 aliphatic heterocycles. The third kappa shape index (κ3) is 4.32. The Morgan fingerprint density at radius 1 is 1.25 bits per heavy atom. The second-order valence-electron chi connectivity index (χ2n) is 5.29. The number of nitrogens with one attached hydrogen (secondary N) is 1. The number of rotatable bonds is 6. The zero-order valence-corrected chi connectivity index (χ0v) is 13.1. The van der Waals surface area contributed by atoms with Gasteiger partial charge in [0.25, 0.3) is 0 Å². The number of nitrogens with zero attached hydrogens (tertiary/aromatic N) is 1. The maximum atomic E-state index is 9.26. The summed E-state index contributed by atoms with van der Waals surface area (Å²) in [5.41, 5.74) is 2.39. The standard InChI is InChI=1S/C16H22N2OS/c1-11(4-5-14-6-8-15(19)9-7-14)17-12(2)16-10-20-13(3)18-16/h6-12,17,19H,4-5H2,1-3H3. The highest BCUT2D eigenvalue weighted by atomic mass is 32.1. The maximum Gasteiger partial charge on any atom is 0.115 e. The fraction of sp³-hybridized carbons (Fsp3) is 0.438. The SMILES string of the molecule is Cc1nc(C(C)NC(C)CCc2ccc(O)cc2)cs1. The number of phenols is 1. The van der Waals surface area contributed by atoms with Crippen LogP contribution in [0.5, 0.6) is 5.75 Å². The largest absolute Gasteiger partial charge is 0.508 e. The molecule has 2 aromatic rings. The summed E-state index contributed by atoms with van der Waals surface area (Å²) in [5, 5.41) is 16.1. The van der Waals surface area contributed by atoms with Crippen LogP contribution in [0.15, 0.2) is 29.6 Å². The molecule has 4 heteroatoms. The summed E-state index contributed by atoms with van der Waals surface area (Å²) in [6, 6.07) is 8.17. The predicted octanol–water partition coefficient (Wildman–Crippen LogP) is 3.83. The van der Waals surface area contributed by atoms with E-state index >= 15 is 0 Å². The van der Waals surface area contributed by atoms with Crippen LogP contribution < -0.4 is 5.32 Å². The quantitative estimate of drug-likeness (QED) is 0.850. The molecule has 2 rings (SSSR count). The Morgan fingerprint density at radius 2 is 1.95 bits per heavy atom. The van der Waals surface area contributed by atoms with Crippen molar-refractivity contribution in [3.63, 3.8) is 0 Å². The Bertz CT molecular complexity index is 536. The molecule has 0 radical (unpaired) electrons. The molecule has 0 fully saturated rings. The number of aromatic hydroxyl groups is 1. The van der Waals surface area contributed by atoms with E-state index in [1.165, 1.54) is 5.56 Å². The number of aromatic nitrogens is 1. The van der Waals surface area contributed by atoms with E-state index in [4.69, 9.17) is 0 Å². The summed E-state index contributed by atoms with van der Waals surface area (Å²) in [6.07, 6.45) is 2.08. The Hall–Kier alpha value is -1.39. The van der Waals surface area contributed by atoms with Crippen LogP contribution in [0.4, 0.5) is 0 Å². The molecule has 20 heavy (non-hydrogen) atoms. The number of hydrogen-bond donors (Lipinski definition) is 2. The van der Waals surface area contributed by atoms with Crippen LogP contribution in [0.3, 0.4) is 0 Å². The van der Waals surface area contributed by atoms with E-state index in [0.717, 1.165) is 23.5 Å². The van der Waals surface area contributed by atoms with Gasteiger partial charge in [-0.3, -0.25) is 0 Å². The molecule has 0 amide bonds. The smallest absolute Gasteiger partial charge is 0.115 e. The van der Waals surface area contributed by atoms with Crippen molar-refractivity contribution >= 4 is 11.3 Å². The van der Waals surface area contributed by atoms with Gasteiger partial charge in [0.2, 0.25) is 0 Å². The molecule has 2 N–H and O–H groups in total. The molecular formula is C16H22N2OS. The minimum atomic E-state index is 0.287. The van der Waals surface area contributed by atoms with E-state index in [2.05, 4.69) is 29.5 Å². The number of thiazole rings is 1. The fourth-order valence-electron chi connectivity index (χ4n) is 2.22. The molecule has 0 aliphatic carbocycles. The fourth-order valence-corrected chi connectivity index (χ4v) is 2.93. The third-order valence-electron chi connectivity index (χ3n) is 3.42. The average Bonchev–Trinajstić information content (AvgIpc) is 2.85. The molecule has 1 heterocycles. The highest BCUT2D eigenvalue weighted by Gasteiger charge is 2.12. The zero-order chi connectivity index (χ0) is 14.5. The van der Waals surface area contributed by atoms with Gasteiger partial charge in [0.05, 0.1) is 10.7 Å². The van der Waals surface area contributed by atoms with Crippen molar-refractivity contribution in [1.82, 2.24) is 10.3 Å². The third-order valence-corrected chi connectivity index (χ3v) is 4.21. The van der Waals surface area contributed by atoms with Crippen molar-refractivity contribution in [1.29, 1.82) is 0 Å². The Kier molecular flexibility index (Phi) is 5.15. The molecule has 0 spiro atoms. The molecule has 1 aromatic heterocycles. The second kappa shape index (κ2) is 6.86. The van der Waals surface area contributed by atoms with Gasteiger partial charge < -0.3 is 10.4 Å². The molecule has 2 atom stereocenters. The Morgan fingerprint density at radius 3 is 2.55 bits per heavy atom. The summed E-state index contributed by atoms with van der Waals surface area (Å²) in [4.78, 5) is 4.52. The topological polar surface area (TPSA) is 45.2 Å². The zero-order valence-electron chi connectivity index (χ0n) is 12.3. The Labute approximate surface area is 124 Å². The molecule has 2 unspecified atom stereocenters. The van der Waals surface area contributed by atoms with Gasteiger partial charge in [-0.2, -0.15) is 0 Å². The first-order valence-electron chi connectivity index (χ1n) is 7.00. The van der Waals surface area contributed by atoms with Crippen LogP contribution in [0.1, 0.15) is 42.6 Å². The van der Waals surface area contributed by atoms with E-state index in [1.54, 1.807) is 23.5 Å². The predicted molar refractivity (Wildman–Crippen MR) is 84.3 cm³/mol. The van der Waals surface area contributed by atoms with Crippen LogP contribution in [-0.2, 0) is 6.42 Å². The summed E-state index contributed by atoms with van der Waals surface area (Å²) >= 11 is 1.70. The monoisotopic (exact) mass is 290 g/mol. The Balaban J connectivity index is 1.80. The van der Waals surface area contributed by atoms with Gasteiger partial charge in [-0.1, -0.05) is 12.1 Å². The first kappa shape index (κ1) is 15.0. The number of hydrogen-bond acceptors (Lipinski definition) is 4. The summed E-state index contributed by atoms with van der Waals surface area (Å²) in [5.74, 6) is 0.326. The first-order valence-corrected chi connectivity index (χ1v) is 7.88. The van der Waals surface area contributed by atoms with Crippen LogP contribution in [0.2, 0.25) is 0 Å². The number of aryl methyl sites for hydroxylation is 2. The van der Waals surface area contributed by atoms with Crippen molar-refractivity contribution < 1.29 is 5.11 Å². The summed E-state index contributed by atoms with van der Waals surface area (Å²) < 4.78 is 0. The molecule has 0 saturated heterocycles. The van der Waals surface area contributed by atoms with E-state index in [1.807, 2.05) is 19.1 Å². The second-order valence-corrected chi connectivity index (χ2v) is 6.35. The molecule has 108 valence electrons. The lowest BCUT2D eigenvalue weighted by Crippen LogP contribution is -2.29. The van der Waals surface area contributed by atoms with Crippen LogP contribution >= 0.6 is 11.3 Å². The lowest BCUT2D eigenvalue weighted by Gasteiger charge is -2.18. The number of phenolic OH excluding ortho intramolecular Hbond substituents is 1. The summed E-state index contributed by atoms with van der Waals surface area (Å²) in [7, 11) is 0. The highest BCUT2D eigenvalue weighted by Crippen LogP contribution is 2.17. The van der Waals surface area contributed by atoms with Gasteiger partial charge in [0, 0.05) is 17.5 Å². The minimum absolute atomic E-state index is 0.287. The van der Waals surface area contributed by atoms with Gasteiger partial charge in [-0.05, 0) is 51.3 Å². The molecule has 1 aromatic carbocycles. The molecule has 3 nitrogen and oxygen atoms in total. The van der Waals surface area contributed by atoms with Gasteiger partial charge in [0.1, 0.15) is 5.75 Å². The van der Waals surface area contributed by atoms with Crippen molar-refractivity contribution in [2.75, 3.05) is 0 Å². The minimum Gasteiger partial charge on any atom is -0.508 e. The van der Waals surface area contributed by atoms with Crippen molar-refractivity contribution in [3.8, 4) is 5.75 Å². The van der Waals surface area contributed by atoms with E-state index in [-0.39, 0.29) is 6.04 Å². The molecular weight excluding hydrogens is 268 g/mol. The van der Waals surface area contributed by atoms with E-state index in [9.17, 15) is 5.11 Å². The van der Waals surface area contributed by atoms with Crippen molar-refractivity contribution in [3.05, 3.63) is 45.9 Å². The van der Waals surface area contributed by atoms with Gasteiger partial charge in [-0.25, -0.2) is 4.98 Å². The maximum absolute atomic E-state index is 9.26. The van der Waals surface area contributed by atoms with E-state index < -0.39 is 0 Å². The lowest BCUT2D eigenvalue weighted by atomic mass is 10.1. The first-order chi connectivity index (χ1) is 9.54. The lowest BCUT2D eigenvalue weighted by molar-refractivity contribution is 0.451. The van der Waals surface area contributed by atoms with Gasteiger partial charge in [-0.15, -0.1) is 11.3 Å².